The summed E-state index contributed by atoms with van der Waals surface area (Å²) in [4.78, 5) is 12.9. The van der Waals surface area contributed by atoms with Crippen LogP contribution in [0.1, 0.15) is 56.2 Å². The quantitative estimate of drug-likeness (QED) is 0.166. The molecule has 1 saturated heterocycles. The summed E-state index contributed by atoms with van der Waals surface area (Å²) in [6.07, 6.45) is -1.56. The summed E-state index contributed by atoms with van der Waals surface area (Å²) < 4.78 is 39.2. The molecule has 8 nitrogen and oxygen atoms in total. The Kier molecular flexibility index (Phi) is 12.0. The highest BCUT2D eigenvalue weighted by molar-refractivity contribution is 7.51. The summed E-state index contributed by atoms with van der Waals surface area (Å²) in [6.45, 7) is 12.3. The molecule has 0 aromatic rings. The van der Waals surface area contributed by atoms with Crippen molar-refractivity contribution in [1.29, 1.82) is 5.26 Å². The molecule has 1 fully saturated rings. The highest BCUT2D eigenvalue weighted by Gasteiger charge is 2.45. The Morgan fingerprint density at radius 1 is 1.31 bits per heavy atom. The van der Waals surface area contributed by atoms with E-state index in [1.165, 1.54) is 7.17 Å². The number of nitrogens with zero attached hydrogens (tertiary/aromatic N) is 2. The number of hydrogen-bond acceptors (Lipinski definition) is 8. The molecule has 1 aliphatic heterocycles. The minimum Gasteiger partial charge on any atom is -0.458 e. The predicted molar refractivity (Wildman–Crippen MR) is 127 cm³/mol. The maximum absolute atomic E-state index is 12.9. The molecule has 1 aliphatic rings. The summed E-state index contributed by atoms with van der Waals surface area (Å²) in [5, 5.41) is 9.00. The molecule has 5 atom stereocenters. The second-order valence-corrected chi connectivity index (χ2v) is 10.6. The smallest absolute Gasteiger partial charge is 0.314 e. The summed E-state index contributed by atoms with van der Waals surface area (Å²) in [5.74, 6) is -0.437. The number of rotatable bonds is 14. The number of carbonyl (C=O) groups excluding carboxylic acids is 1. The fourth-order valence-electron chi connectivity index (χ4n) is 3.60. The van der Waals surface area contributed by atoms with Crippen LogP contribution in [-0.2, 0) is 28.3 Å². The summed E-state index contributed by atoms with van der Waals surface area (Å²) in [6, 6.07) is 1.70. The third kappa shape index (κ3) is 8.93. The third-order valence-corrected chi connectivity index (χ3v) is 7.31. The molecule has 0 aromatic carbocycles. The lowest BCUT2D eigenvalue weighted by Crippen LogP contribution is -2.42. The topological polar surface area (TPSA) is 90.2 Å². The van der Waals surface area contributed by atoms with Crippen LogP contribution in [0.15, 0.2) is 0 Å². The van der Waals surface area contributed by atoms with Crippen LogP contribution >= 0.6 is 8.30 Å². The lowest BCUT2D eigenvalue weighted by atomic mass is 9.50. The first-order chi connectivity index (χ1) is 15.5. The molecule has 11 heteroatoms. The first-order valence-electron chi connectivity index (χ1n) is 11.6. The first-order valence-corrected chi connectivity index (χ1v) is 12.3. The maximum atomic E-state index is 12.9. The number of esters is 1. The van der Waals surface area contributed by atoms with Crippen molar-refractivity contribution in [2.45, 2.75) is 96.9 Å². The monoisotopic (exact) mass is 468 g/mol. The van der Waals surface area contributed by atoms with E-state index in [1.807, 2.05) is 33.8 Å². The van der Waals surface area contributed by atoms with Crippen molar-refractivity contribution in [1.82, 2.24) is 4.67 Å². The van der Waals surface area contributed by atoms with E-state index >= 15 is 0 Å². The second kappa shape index (κ2) is 13.9. The van der Waals surface area contributed by atoms with E-state index < -0.39 is 44.2 Å². The molecule has 0 amide bonds. The minimum atomic E-state index is -1.47. The normalized spacial score (nSPS) is 25.1. The van der Waals surface area contributed by atoms with E-state index in [0.29, 0.717) is 13.2 Å². The lowest BCUT2D eigenvalue weighted by molar-refractivity contribution is -0.152. The zero-order chi connectivity index (χ0) is 25.2. The van der Waals surface area contributed by atoms with Gasteiger partial charge in [0.1, 0.15) is 32.3 Å². The van der Waals surface area contributed by atoms with E-state index in [4.69, 9.17) is 37.8 Å². The van der Waals surface area contributed by atoms with Gasteiger partial charge >= 0.3 is 5.97 Å². The molecular weight excluding hydrogens is 429 g/mol. The fourth-order valence-corrected chi connectivity index (χ4v) is 5.80. The molecule has 0 spiro atoms. The predicted octanol–water partition coefficient (Wildman–Crippen LogP) is 2.60. The van der Waals surface area contributed by atoms with Gasteiger partial charge in [-0.1, -0.05) is 0 Å². The molecule has 0 bridgehead atoms. The van der Waals surface area contributed by atoms with Crippen molar-refractivity contribution < 1.29 is 29.6 Å². The highest BCUT2D eigenvalue weighted by atomic mass is 31.2. The van der Waals surface area contributed by atoms with Crippen LogP contribution in [0.25, 0.3) is 0 Å². The van der Waals surface area contributed by atoms with Gasteiger partial charge in [0.05, 0.1) is 39.0 Å². The SMILES string of the molecule is [2H]C[C@H]1O[C@@H]([B][B])C(OCCOC)C1OP(CC(=O)OC(C)(C)CC#N)N(C(C)C)C(C)C. The molecule has 3 radical (unpaired) electrons. The third-order valence-electron chi connectivity index (χ3n) is 4.85. The number of hydrogen-bond donors (Lipinski definition) is 0. The molecule has 0 aromatic heterocycles. The second-order valence-electron chi connectivity index (χ2n) is 8.88. The van der Waals surface area contributed by atoms with Crippen LogP contribution < -0.4 is 0 Å². The van der Waals surface area contributed by atoms with E-state index in [1.54, 1.807) is 21.0 Å². The number of carbonyl (C=O) groups is 1. The summed E-state index contributed by atoms with van der Waals surface area (Å²) in [5.41, 5.74) is -0.890. The molecule has 1 rings (SSSR count). The van der Waals surface area contributed by atoms with Gasteiger partial charge in [0.25, 0.3) is 0 Å². The molecule has 0 aliphatic carbocycles. The van der Waals surface area contributed by atoms with Gasteiger partial charge in [0.15, 0.2) is 0 Å². The number of methoxy groups -OCH3 is 1. The van der Waals surface area contributed by atoms with Crippen molar-refractivity contribution >= 4 is 29.2 Å². The van der Waals surface area contributed by atoms with Crippen LogP contribution in [-0.4, -0.2) is 94.0 Å². The van der Waals surface area contributed by atoms with E-state index in [0.717, 1.165) is 0 Å². The van der Waals surface area contributed by atoms with Gasteiger partial charge in [-0.15, -0.1) is 0 Å². The van der Waals surface area contributed by atoms with E-state index in [-0.39, 0.29) is 31.6 Å². The van der Waals surface area contributed by atoms with Gasteiger partial charge < -0.3 is 23.5 Å². The molecule has 32 heavy (non-hydrogen) atoms. The van der Waals surface area contributed by atoms with Crippen LogP contribution in [0.4, 0.5) is 0 Å². The van der Waals surface area contributed by atoms with Gasteiger partial charge in [0, 0.05) is 34.3 Å². The highest BCUT2D eigenvalue weighted by Crippen LogP contribution is 2.48. The molecule has 0 saturated carbocycles. The zero-order valence-corrected chi connectivity index (χ0v) is 21.3. The van der Waals surface area contributed by atoms with Gasteiger partial charge in [-0.2, -0.15) is 5.26 Å². The minimum absolute atomic E-state index is 0.0174. The fraction of sp³-hybridized carbons (Fsp3) is 0.905. The molecule has 3 unspecified atom stereocenters. The van der Waals surface area contributed by atoms with Crippen molar-refractivity contribution in [2.24, 2.45) is 0 Å². The van der Waals surface area contributed by atoms with E-state index in [2.05, 4.69) is 4.67 Å². The van der Waals surface area contributed by atoms with Crippen molar-refractivity contribution in [3.8, 4) is 6.07 Å². The van der Waals surface area contributed by atoms with Crippen molar-refractivity contribution in [3.63, 3.8) is 0 Å². The molecule has 0 N–H and O–H groups in total. The maximum Gasteiger partial charge on any atom is 0.314 e. The van der Waals surface area contributed by atoms with Crippen LogP contribution in [0, 0.1) is 11.3 Å². The van der Waals surface area contributed by atoms with Crippen molar-refractivity contribution in [2.75, 3.05) is 26.5 Å². The standard InChI is InChI=1S/C21H38B2N2O6P/c1-14(2)25(15(3)4)32(13-17(26)30-21(6,7)9-10-24)31-18-16(5)29-20(23-22)19(18)28-12-11-27-8/h14-16,18-20H,9,11-13H2,1-8H3/t16-,18?,19?,20-,32?/m1/s1/i5D. The number of nitriles is 1. The van der Waals surface area contributed by atoms with Crippen LogP contribution in [0.3, 0.4) is 0 Å². The molecular formula is C21H38B2N2O6P. The van der Waals surface area contributed by atoms with Gasteiger partial charge in [0.2, 0.25) is 0 Å². The summed E-state index contributed by atoms with van der Waals surface area (Å²) in [7, 11) is 7.32. The first kappa shape index (κ1) is 27.6. The lowest BCUT2D eigenvalue weighted by Gasteiger charge is -2.39. The molecule has 179 valence electrons. The number of ether oxygens (including phenoxy) is 4. The van der Waals surface area contributed by atoms with Crippen LogP contribution in [0.5, 0.6) is 0 Å². The summed E-state index contributed by atoms with van der Waals surface area (Å²) >= 11 is 0. The Balaban J connectivity index is 3.16. The Labute approximate surface area is 198 Å². The average molecular weight is 468 g/mol. The van der Waals surface area contributed by atoms with Crippen molar-refractivity contribution in [3.05, 3.63) is 0 Å². The van der Waals surface area contributed by atoms with Gasteiger partial charge in [-0.25, -0.2) is 0 Å². The average Bonchev–Trinajstić information content (AvgIpc) is 3.03. The largest absolute Gasteiger partial charge is 0.458 e. The Bertz CT molecular complexity index is 632. The van der Waals surface area contributed by atoms with E-state index in [9.17, 15) is 4.79 Å². The molecule has 1 heterocycles. The zero-order valence-electron chi connectivity index (χ0n) is 21.4. The van der Waals surface area contributed by atoms with Gasteiger partial charge in [-0.05, 0) is 48.4 Å². The Hall–Kier alpha value is -0.680. The Morgan fingerprint density at radius 3 is 2.47 bits per heavy atom. The van der Waals surface area contributed by atoms with Crippen LogP contribution in [0.2, 0.25) is 0 Å². The Morgan fingerprint density at radius 2 is 1.97 bits per heavy atom. The van der Waals surface area contributed by atoms with Gasteiger partial charge in [-0.3, -0.25) is 9.46 Å².